The van der Waals surface area contributed by atoms with Gasteiger partial charge >= 0.3 is 0 Å². The first-order chi connectivity index (χ1) is 13.3. The van der Waals surface area contributed by atoms with Crippen LogP contribution in [-0.2, 0) is 21.2 Å². The number of halogens is 1. The molecule has 0 radical (unpaired) electrons. The quantitative estimate of drug-likeness (QED) is 0.636. The van der Waals surface area contributed by atoms with Gasteiger partial charge in [-0.05, 0) is 23.8 Å². The molecule has 0 fully saturated rings. The van der Waals surface area contributed by atoms with Gasteiger partial charge in [0.1, 0.15) is 0 Å². The summed E-state index contributed by atoms with van der Waals surface area (Å²) in [5.41, 5.74) is 2.17. The van der Waals surface area contributed by atoms with E-state index in [1.54, 1.807) is 41.8 Å². The molecule has 0 aliphatic rings. The van der Waals surface area contributed by atoms with Crippen LogP contribution >= 0.6 is 22.9 Å². The number of sulfonamides is 1. The summed E-state index contributed by atoms with van der Waals surface area (Å²) in [6.07, 6.45) is 0.158. The molecule has 0 saturated carbocycles. The van der Waals surface area contributed by atoms with Crippen molar-refractivity contribution in [1.82, 2.24) is 9.29 Å². The van der Waals surface area contributed by atoms with E-state index in [1.807, 2.05) is 12.1 Å². The molecule has 6 nitrogen and oxygen atoms in total. The van der Waals surface area contributed by atoms with Gasteiger partial charge in [0.25, 0.3) is 0 Å². The molecular formula is C19H18ClN3O3S2. The summed E-state index contributed by atoms with van der Waals surface area (Å²) in [6.45, 7) is 0. The molecule has 1 heterocycles. The Balaban J connectivity index is 1.70. The molecule has 0 bridgehead atoms. The lowest BCUT2D eigenvalue weighted by molar-refractivity contribution is -0.115. The summed E-state index contributed by atoms with van der Waals surface area (Å²) < 4.78 is 25.4. The van der Waals surface area contributed by atoms with Gasteiger partial charge in [-0.3, -0.25) is 4.79 Å². The van der Waals surface area contributed by atoms with Gasteiger partial charge < -0.3 is 5.32 Å². The summed E-state index contributed by atoms with van der Waals surface area (Å²) in [7, 11) is -0.497. The van der Waals surface area contributed by atoms with E-state index in [-0.39, 0.29) is 17.2 Å². The Morgan fingerprint density at radius 3 is 2.46 bits per heavy atom. The minimum Gasteiger partial charge on any atom is -0.302 e. The van der Waals surface area contributed by atoms with E-state index in [0.29, 0.717) is 15.8 Å². The maximum atomic E-state index is 12.2. The Bertz CT molecular complexity index is 1090. The zero-order chi connectivity index (χ0) is 20.3. The number of aromatic nitrogens is 1. The number of rotatable bonds is 6. The second kappa shape index (κ2) is 8.40. The summed E-state index contributed by atoms with van der Waals surface area (Å²) >= 11 is 7.38. The van der Waals surface area contributed by atoms with Crippen LogP contribution in [0.3, 0.4) is 0 Å². The maximum absolute atomic E-state index is 12.2. The third-order valence-corrected chi connectivity index (χ3v) is 6.94. The number of benzene rings is 2. The lowest BCUT2D eigenvalue weighted by atomic mass is 10.1. The smallest absolute Gasteiger partial charge is 0.242 e. The molecule has 0 saturated heterocycles. The minimum absolute atomic E-state index is 0.158. The van der Waals surface area contributed by atoms with Crippen LogP contribution in [0.25, 0.3) is 11.3 Å². The Morgan fingerprint density at radius 2 is 1.82 bits per heavy atom. The van der Waals surface area contributed by atoms with Crippen LogP contribution < -0.4 is 5.32 Å². The largest absolute Gasteiger partial charge is 0.302 e. The van der Waals surface area contributed by atoms with Gasteiger partial charge in [-0.1, -0.05) is 41.9 Å². The summed E-state index contributed by atoms with van der Waals surface area (Å²) in [6, 6.07) is 13.7. The number of anilines is 1. The number of hydrogen-bond donors (Lipinski definition) is 1. The van der Waals surface area contributed by atoms with Crippen LogP contribution in [0.4, 0.5) is 5.13 Å². The first kappa shape index (κ1) is 20.5. The first-order valence-electron chi connectivity index (χ1n) is 8.29. The number of nitrogens with one attached hydrogen (secondary N) is 1. The van der Waals surface area contributed by atoms with E-state index >= 15 is 0 Å². The van der Waals surface area contributed by atoms with Crippen molar-refractivity contribution < 1.29 is 13.2 Å². The highest BCUT2D eigenvalue weighted by atomic mass is 35.5. The molecule has 9 heteroatoms. The Hall–Kier alpha value is -2.26. The SMILES string of the molecule is CN(C)S(=O)(=O)c1ccc(-c2csc(NC(=O)Cc3ccccc3Cl)n2)cc1. The lowest BCUT2D eigenvalue weighted by Gasteiger charge is -2.11. The molecule has 3 aromatic rings. The van der Waals surface area contributed by atoms with Gasteiger partial charge in [0.15, 0.2) is 5.13 Å². The third kappa shape index (κ3) is 4.59. The molecule has 3 rings (SSSR count). The van der Waals surface area contributed by atoms with Gasteiger partial charge in [-0.25, -0.2) is 17.7 Å². The molecule has 1 N–H and O–H groups in total. The normalized spacial score (nSPS) is 11.6. The van der Waals surface area contributed by atoms with Crippen molar-refractivity contribution in [2.45, 2.75) is 11.3 Å². The van der Waals surface area contributed by atoms with E-state index < -0.39 is 10.0 Å². The van der Waals surface area contributed by atoms with Crippen molar-refractivity contribution in [3.8, 4) is 11.3 Å². The fraction of sp³-hybridized carbons (Fsp3) is 0.158. The van der Waals surface area contributed by atoms with Crippen LogP contribution in [0.5, 0.6) is 0 Å². The predicted octanol–water partition coefficient (Wildman–Crippen LogP) is 3.90. The molecule has 1 amide bonds. The standard InChI is InChI=1S/C19H18ClN3O3S2/c1-23(2)28(25,26)15-9-7-13(8-10-15)17-12-27-19(21-17)22-18(24)11-14-5-3-4-6-16(14)20/h3-10,12H,11H2,1-2H3,(H,21,22,24). The fourth-order valence-electron chi connectivity index (χ4n) is 2.45. The maximum Gasteiger partial charge on any atom is 0.242 e. The van der Waals surface area contributed by atoms with E-state index in [2.05, 4.69) is 10.3 Å². The average Bonchev–Trinajstić information content (AvgIpc) is 3.12. The molecule has 0 spiro atoms. The molecule has 0 unspecified atom stereocenters. The molecule has 0 atom stereocenters. The zero-order valence-corrected chi connectivity index (χ0v) is 17.6. The molecule has 1 aromatic heterocycles. The van der Waals surface area contributed by atoms with Crippen molar-refractivity contribution in [2.24, 2.45) is 0 Å². The number of thiazole rings is 1. The van der Waals surface area contributed by atoms with E-state index in [9.17, 15) is 13.2 Å². The van der Waals surface area contributed by atoms with Crippen LogP contribution in [0.2, 0.25) is 5.02 Å². The van der Waals surface area contributed by atoms with Gasteiger partial charge in [-0.15, -0.1) is 11.3 Å². The summed E-state index contributed by atoms with van der Waals surface area (Å²) in [4.78, 5) is 16.8. The Morgan fingerprint density at radius 1 is 1.14 bits per heavy atom. The molecule has 2 aromatic carbocycles. The van der Waals surface area contributed by atoms with Gasteiger partial charge in [0, 0.05) is 30.1 Å². The summed E-state index contributed by atoms with van der Waals surface area (Å²) in [5, 5.41) is 5.59. The van der Waals surface area contributed by atoms with Gasteiger partial charge in [0.2, 0.25) is 15.9 Å². The van der Waals surface area contributed by atoms with Crippen molar-refractivity contribution in [3.05, 3.63) is 64.5 Å². The highest BCUT2D eigenvalue weighted by Gasteiger charge is 2.17. The number of carbonyl (C=O) groups is 1. The second-order valence-corrected chi connectivity index (χ2v) is 9.58. The Kier molecular flexibility index (Phi) is 6.14. The zero-order valence-electron chi connectivity index (χ0n) is 15.2. The highest BCUT2D eigenvalue weighted by Crippen LogP contribution is 2.26. The molecule has 0 aliphatic heterocycles. The van der Waals surface area contributed by atoms with Gasteiger partial charge in [-0.2, -0.15) is 0 Å². The first-order valence-corrected chi connectivity index (χ1v) is 11.0. The number of amides is 1. The van der Waals surface area contributed by atoms with Crippen LogP contribution in [0.15, 0.2) is 58.8 Å². The third-order valence-electron chi connectivity index (χ3n) is 3.99. The molecular weight excluding hydrogens is 418 g/mol. The highest BCUT2D eigenvalue weighted by molar-refractivity contribution is 7.89. The fourth-order valence-corrected chi connectivity index (χ4v) is 4.29. The minimum atomic E-state index is -3.47. The second-order valence-electron chi connectivity index (χ2n) is 6.17. The van der Waals surface area contributed by atoms with E-state index in [0.717, 1.165) is 15.4 Å². The number of nitrogens with zero attached hydrogens (tertiary/aromatic N) is 2. The number of carbonyl (C=O) groups excluding carboxylic acids is 1. The monoisotopic (exact) mass is 435 g/mol. The molecule has 28 heavy (non-hydrogen) atoms. The number of hydrogen-bond acceptors (Lipinski definition) is 5. The summed E-state index contributed by atoms with van der Waals surface area (Å²) in [5.74, 6) is -0.207. The van der Waals surface area contributed by atoms with Crippen molar-refractivity contribution in [2.75, 3.05) is 19.4 Å². The Labute approximate surface area is 172 Å². The van der Waals surface area contributed by atoms with Crippen LogP contribution in [0, 0.1) is 0 Å². The van der Waals surface area contributed by atoms with Gasteiger partial charge in [0.05, 0.1) is 17.0 Å². The van der Waals surface area contributed by atoms with E-state index in [4.69, 9.17) is 11.6 Å². The van der Waals surface area contributed by atoms with E-state index in [1.165, 1.54) is 25.4 Å². The molecule has 0 aliphatic carbocycles. The molecule has 146 valence electrons. The van der Waals surface area contributed by atoms with Crippen LogP contribution in [0.1, 0.15) is 5.56 Å². The lowest BCUT2D eigenvalue weighted by Crippen LogP contribution is -2.22. The topological polar surface area (TPSA) is 79.4 Å². The van der Waals surface area contributed by atoms with Crippen molar-refractivity contribution in [1.29, 1.82) is 0 Å². The average molecular weight is 436 g/mol. The predicted molar refractivity (Wildman–Crippen MR) is 112 cm³/mol. The van der Waals surface area contributed by atoms with Crippen molar-refractivity contribution >= 4 is 44.0 Å². The van der Waals surface area contributed by atoms with Crippen molar-refractivity contribution in [3.63, 3.8) is 0 Å². The van der Waals surface area contributed by atoms with Crippen LogP contribution in [-0.4, -0.2) is 37.7 Å².